The molecule has 0 aliphatic heterocycles. The van der Waals surface area contributed by atoms with E-state index in [1.54, 1.807) is 0 Å². The highest BCUT2D eigenvalue weighted by atomic mass is 16.5. The minimum atomic E-state index is -0.668. The number of allylic oxidation sites excluding steroid dienone is 2. The van der Waals surface area contributed by atoms with E-state index in [9.17, 15) is 19.8 Å². The third-order valence-corrected chi connectivity index (χ3v) is 15.8. The summed E-state index contributed by atoms with van der Waals surface area (Å²) in [5.41, 5.74) is 0. The Hall–Kier alpha value is -1.40. The molecule has 2 atom stereocenters. The lowest BCUT2D eigenvalue weighted by Crippen LogP contribution is -2.45. The number of ether oxygens (including phenoxy) is 1. The van der Waals surface area contributed by atoms with Gasteiger partial charge in [0.25, 0.3) is 0 Å². The SMILES string of the molecule is CCCCCCCCCCCCCCCCCCCC(=O)OCCCCCCCCCCCCC/C=C\CCCCCCCCCC(=O)NC(CO)C(O)CCCCCCCCCCCCCCCCCCC. The number of carbonyl (C=O) groups excluding carboxylic acids is 2. The van der Waals surface area contributed by atoms with Gasteiger partial charge in [-0.2, -0.15) is 0 Å². The average molecular weight is 1030 g/mol. The topological polar surface area (TPSA) is 95.9 Å². The molecular weight excluding hydrogens is 899 g/mol. The van der Waals surface area contributed by atoms with Crippen molar-refractivity contribution < 1.29 is 24.5 Å². The maximum Gasteiger partial charge on any atom is 0.305 e. The second-order valence-corrected chi connectivity index (χ2v) is 23.2. The van der Waals surface area contributed by atoms with Gasteiger partial charge in [-0.3, -0.25) is 9.59 Å². The molecular formula is C67H131NO5. The Balaban J connectivity index is 3.39. The number of hydrogen-bond acceptors (Lipinski definition) is 5. The minimum absolute atomic E-state index is 0.0149. The van der Waals surface area contributed by atoms with Crippen molar-refractivity contribution in [2.24, 2.45) is 0 Å². The Kier molecular flexibility index (Phi) is 61.9. The molecule has 434 valence electrons. The van der Waals surface area contributed by atoms with Crippen LogP contribution in [0.3, 0.4) is 0 Å². The van der Waals surface area contributed by atoms with E-state index in [-0.39, 0.29) is 18.5 Å². The molecule has 0 bridgehead atoms. The standard InChI is InChI=1S/C67H131NO5/c1-3-5-7-9-11-13-15-17-19-27-31-35-39-43-47-51-55-59-65(70)64(63-69)68-66(71)60-56-52-48-44-40-36-32-29-25-23-21-22-24-26-30-34-38-42-46-50-54-58-62-73-67(72)61-57-53-49-45-41-37-33-28-20-18-16-14-12-10-8-6-4-2/h23,25,64-65,69-70H,3-22,24,26-63H2,1-2H3,(H,68,71)/b25-23-. The van der Waals surface area contributed by atoms with Crippen molar-refractivity contribution in [1.29, 1.82) is 0 Å². The van der Waals surface area contributed by atoms with Gasteiger partial charge < -0.3 is 20.3 Å². The summed E-state index contributed by atoms with van der Waals surface area (Å²) in [6.07, 6.45) is 76.6. The third kappa shape index (κ3) is 59.7. The Morgan fingerprint density at radius 3 is 0.973 bits per heavy atom. The number of hydrogen-bond donors (Lipinski definition) is 3. The van der Waals surface area contributed by atoms with E-state index in [2.05, 4.69) is 31.3 Å². The fourth-order valence-corrected chi connectivity index (χ4v) is 10.7. The van der Waals surface area contributed by atoms with E-state index >= 15 is 0 Å². The molecule has 0 saturated heterocycles. The zero-order chi connectivity index (χ0) is 52.9. The summed E-state index contributed by atoms with van der Waals surface area (Å²) in [5, 5.41) is 23.3. The summed E-state index contributed by atoms with van der Waals surface area (Å²) < 4.78 is 5.50. The van der Waals surface area contributed by atoms with E-state index in [0.717, 1.165) is 38.5 Å². The van der Waals surface area contributed by atoms with E-state index in [0.29, 0.717) is 25.9 Å². The summed E-state index contributed by atoms with van der Waals surface area (Å²) in [6.45, 7) is 4.99. The molecule has 0 aliphatic rings. The van der Waals surface area contributed by atoms with Crippen LogP contribution >= 0.6 is 0 Å². The van der Waals surface area contributed by atoms with Crippen molar-refractivity contribution in [3.63, 3.8) is 0 Å². The number of esters is 1. The highest BCUT2D eigenvalue weighted by Gasteiger charge is 2.20. The Morgan fingerprint density at radius 1 is 0.370 bits per heavy atom. The summed E-state index contributed by atoms with van der Waals surface area (Å²) in [4.78, 5) is 24.6. The summed E-state index contributed by atoms with van der Waals surface area (Å²) >= 11 is 0. The molecule has 73 heavy (non-hydrogen) atoms. The quantitative estimate of drug-likeness (QED) is 0.0320. The molecule has 6 nitrogen and oxygen atoms in total. The first-order valence-corrected chi connectivity index (χ1v) is 33.4. The molecule has 0 radical (unpaired) electrons. The lowest BCUT2D eigenvalue weighted by atomic mass is 10.0. The average Bonchev–Trinajstić information content (AvgIpc) is 3.39. The molecule has 0 aromatic heterocycles. The highest BCUT2D eigenvalue weighted by Crippen LogP contribution is 2.19. The van der Waals surface area contributed by atoms with Gasteiger partial charge >= 0.3 is 5.97 Å². The maximum atomic E-state index is 12.5. The van der Waals surface area contributed by atoms with Gasteiger partial charge in [0.05, 0.1) is 25.4 Å². The zero-order valence-electron chi connectivity index (χ0n) is 49.6. The van der Waals surface area contributed by atoms with Crippen molar-refractivity contribution in [1.82, 2.24) is 5.32 Å². The van der Waals surface area contributed by atoms with Crippen LogP contribution in [0.2, 0.25) is 0 Å². The Labute approximate surface area is 457 Å². The predicted octanol–water partition coefficient (Wildman–Crippen LogP) is 21.2. The van der Waals surface area contributed by atoms with Crippen molar-refractivity contribution in [2.45, 2.75) is 392 Å². The number of carbonyl (C=O) groups is 2. The van der Waals surface area contributed by atoms with Gasteiger partial charge in [-0.1, -0.05) is 328 Å². The fraction of sp³-hybridized carbons (Fsp3) is 0.940. The highest BCUT2D eigenvalue weighted by molar-refractivity contribution is 5.76. The van der Waals surface area contributed by atoms with Crippen LogP contribution in [-0.4, -0.2) is 47.4 Å². The van der Waals surface area contributed by atoms with E-state index in [1.165, 1.54) is 308 Å². The van der Waals surface area contributed by atoms with Crippen molar-refractivity contribution >= 4 is 11.9 Å². The number of unbranched alkanes of at least 4 members (excludes halogenated alkanes) is 50. The number of aliphatic hydroxyl groups is 2. The first-order chi connectivity index (χ1) is 36.0. The summed E-state index contributed by atoms with van der Waals surface area (Å²) in [6, 6.07) is -0.546. The van der Waals surface area contributed by atoms with Crippen LogP contribution < -0.4 is 5.32 Å². The molecule has 0 rings (SSSR count). The monoisotopic (exact) mass is 1030 g/mol. The Morgan fingerprint density at radius 2 is 0.644 bits per heavy atom. The van der Waals surface area contributed by atoms with Gasteiger partial charge in [-0.15, -0.1) is 0 Å². The molecule has 0 saturated carbocycles. The van der Waals surface area contributed by atoms with Gasteiger partial charge in [0.2, 0.25) is 5.91 Å². The van der Waals surface area contributed by atoms with Gasteiger partial charge in [-0.05, 0) is 51.4 Å². The molecule has 0 aromatic rings. The largest absolute Gasteiger partial charge is 0.466 e. The zero-order valence-corrected chi connectivity index (χ0v) is 49.6. The second-order valence-electron chi connectivity index (χ2n) is 23.2. The maximum absolute atomic E-state index is 12.5. The lowest BCUT2D eigenvalue weighted by molar-refractivity contribution is -0.143. The van der Waals surface area contributed by atoms with Crippen LogP contribution in [0.4, 0.5) is 0 Å². The van der Waals surface area contributed by atoms with Crippen molar-refractivity contribution in [2.75, 3.05) is 13.2 Å². The number of aliphatic hydroxyl groups excluding tert-OH is 2. The lowest BCUT2D eigenvalue weighted by Gasteiger charge is -2.22. The van der Waals surface area contributed by atoms with E-state index in [1.807, 2.05) is 0 Å². The molecule has 0 fully saturated rings. The van der Waals surface area contributed by atoms with Crippen LogP contribution in [0, 0.1) is 0 Å². The van der Waals surface area contributed by atoms with Crippen molar-refractivity contribution in [3.05, 3.63) is 12.2 Å². The van der Waals surface area contributed by atoms with Gasteiger partial charge in [0.15, 0.2) is 0 Å². The molecule has 2 unspecified atom stereocenters. The first-order valence-electron chi connectivity index (χ1n) is 33.4. The third-order valence-electron chi connectivity index (χ3n) is 15.8. The first kappa shape index (κ1) is 71.6. The molecule has 6 heteroatoms. The second kappa shape index (κ2) is 63.1. The molecule has 3 N–H and O–H groups in total. The summed E-state index contributed by atoms with van der Waals surface area (Å²) in [7, 11) is 0. The predicted molar refractivity (Wildman–Crippen MR) is 320 cm³/mol. The Bertz CT molecular complexity index is 1100. The van der Waals surface area contributed by atoms with Crippen LogP contribution in [0.1, 0.15) is 380 Å². The van der Waals surface area contributed by atoms with E-state index < -0.39 is 12.1 Å². The molecule has 0 aliphatic carbocycles. The van der Waals surface area contributed by atoms with Crippen LogP contribution in [0.25, 0.3) is 0 Å². The molecule has 1 amide bonds. The van der Waals surface area contributed by atoms with Gasteiger partial charge in [-0.25, -0.2) is 0 Å². The molecule has 0 spiro atoms. The summed E-state index contributed by atoms with van der Waals surface area (Å²) in [5.74, 6) is -0.0235. The minimum Gasteiger partial charge on any atom is -0.466 e. The number of amides is 1. The van der Waals surface area contributed by atoms with Gasteiger partial charge in [0.1, 0.15) is 0 Å². The molecule has 0 heterocycles. The number of nitrogens with one attached hydrogen (secondary N) is 1. The molecule has 0 aromatic carbocycles. The number of rotatable bonds is 63. The fourth-order valence-electron chi connectivity index (χ4n) is 10.7. The smallest absolute Gasteiger partial charge is 0.305 e. The van der Waals surface area contributed by atoms with E-state index in [4.69, 9.17) is 4.74 Å². The van der Waals surface area contributed by atoms with Crippen LogP contribution in [0.15, 0.2) is 12.2 Å². The van der Waals surface area contributed by atoms with Crippen LogP contribution in [0.5, 0.6) is 0 Å². The van der Waals surface area contributed by atoms with Crippen LogP contribution in [-0.2, 0) is 14.3 Å². The van der Waals surface area contributed by atoms with Gasteiger partial charge in [0, 0.05) is 12.8 Å². The normalized spacial score (nSPS) is 12.5. The van der Waals surface area contributed by atoms with Crippen molar-refractivity contribution in [3.8, 4) is 0 Å².